The minimum atomic E-state index is -0.502. The van der Waals surface area contributed by atoms with Gasteiger partial charge in [-0.2, -0.15) is 0 Å². The van der Waals surface area contributed by atoms with E-state index in [1.54, 1.807) is 0 Å². The molecular formula is C10H16O3. The van der Waals surface area contributed by atoms with E-state index in [1.807, 2.05) is 0 Å². The van der Waals surface area contributed by atoms with Crippen LogP contribution in [0.25, 0.3) is 0 Å². The molecule has 74 valence electrons. The molecule has 0 unspecified atom stereocenters. The second-order valence-electron chi connectivity index (χ2n) is 3.61. The highest BCUT2D eigenvalue weighted by Crippen LogP contribution is 2.27. The van der Waals surface area contributed by atoms with Gasteiger partial charge in [-0.1, -0.05) is 19.3 Å². The van der Waals surface area contributed by atoms with E-state index in [1.165, 1.54) is 13.3 Å². The van der Waals surface area contributed by atoms with Crippen LogP contribution in [0.5, 0.6) is 0 Å². The van der Waals surface area contributed by atoms with E-state index in [0.717, 1.165) is 32.0 Å². The van der Waals surface area contributed by atoms with Crippen LogP contribution >= 0.6 is 0 Å². The van der Waals surface area contributed by atoms with E-state index in [-0.39, 0.29) is 11.9 Å². The first-order valence-corrected chi connectivity index (χ1v) is 4.86. The zero-order valence-electron chi connectivity index (χ0n) is 7.99. The third-order valence-corrected chi connectivity index (χ3v) is 2.55. The Labute approximate surface area is 78.5 Å². The predicted molar refractivity (Wildman–Crippen MR) is 48.2 cm³/mol. The van der Waals surface area contributed by atoms with Gasteiger partial charge in [0.05, 0.1) is 0 Å². The van der Waals surface area contributed by atoms with Crippen molar-refractivity contribution in [2.45, 2.75) is 45.1 Å². The third-order valence-electron chi connectivity index (χ3n) is 2.55. The summed E-state index contributed by atoms with van der Waals surface area (Å²) in [5, 5.41) is 0. The highest BCUT2D eigenvalue weighted by atomic mass is 16.5. The summed E-state index contributed by atoms with van der Waals surface area (Å²) < 4.78 is 4.93. The fraction of sp³-hybridized carbons (Fsp3) is 0.800. The van der Waals surface area contributed by atoms with Crippen LogP contribution < -0.4 is 0 Å². The number of esters is 1. The number of ether oxygens (including phenoxy) is 1. The van der Waals surface area contributed by atoms with E-state index in [9.17, 15) is 9.59 Å². The summed E-state index contributed by atoms with van der Waals surface area (Å²) in [5.74, 6) is -0.0992. The van der Waals surface area contributed by atoms with Crippen molar-refractivity contribution in [1.82, 2.24) is 0 Å². The van der Waals surface area contributed by atoms with Gasteiger partial charge < -0.3 is 4.74 Å². The van der Waals surface area contributed by atoms with Crippen molar-refractivity contribution < 1.29 is 14.3 Å². The van der Waals surface area contributed by atoms with Gasteiger partial charge in [0.2, 0.25) is 0 Å². The molecule has 0 amide bonds. The van der Waals surface area contributed by atoms with E-state index in [2.05, 4.69) is 0 Å². The van der Waals surface area contributed by atoms with Crippen LogP contribution in [0.4, 0.5) is 0 Å². The number of carbonyl (C=O) groups is 2. The summed E-state index contributed by atoms with van der Waals surface area (Å²) in [7, 11) is 0. The summed E-state index contributed by atoms with van der Waals surface area (Å²) >= 11 is 0. The summed E-state index contributed by atoms with van der Waals surface area (Å²) in [5.41, 5.74) is 0. The molecule has 3 nitrogen and oxygen atoms in total. The highest BCUT2D eigenvalue weighted by molar-refractivity contribution is 5.70. The van der Waals surface area contributed by atoms with Crippen LogP contribution in [-0.2, 0) is 14.3 Å². The SMILES string of the molecule is CC(=O)O[C@@H](C=O)C1CCCCC1. The summed E-state index contributed by atoms with van der Waals surface area (Å²) in [6.07, 6.45) is 5.82. The molecule has 13 heavy (non-hydrogen) atoms. The fourth-order valence-electron chi connectivity index (χ4n) is 1.89. The quantitative estimate of drug-likeness (QED) is 0.495. The van der Waals surface area contributed by atoms with Crippen LogP contribution in [0.15, 0.2) is 0 Å². The van der Waals surface area contributed by atoms with Crippen molar-refractivity contribution in [3.8, 4) is 0 Å². The Balaban J connectivity index is 2.43. The smallest absolute Gasteiger partial charge is 0.303 e. The van der Waals surface area contributed by atoms with E-state index < -0.39 is 6.10 Å². The maximum atomic E-state index is 10.7. The maximum absolute atomic E-state index is 10.7. The minimum absolute atomic E-state index is 0.259. The lowest BCUT2D eigenvalue weighted by molar-refractivity contribution is -0.153. The molecule has 0 aliphatic heterocycles. The maximum Gasteiger partial charge on any atom is 0.303 e. The van der Waals surface area contributed by atoms with Crippen molar-refractivity contribution in [3.05, 3.63) is 0 Å². The molecule has 0 aromatic rings. The first-order valence-electron chi connectivity index (χ1n) is 4.86. The highest BCUT2D eigenvalue weighted by Gasteiger charge is 2.25. The third kappa shape index (κ3) is 3.17. The van der Waals surface area contributed by atoms with Crippen molar-refractivity contribution >= 4 is 12.3 Å². The zero-order valence-corrected chi connectivity index (χ0v) is 7.99. The number of aldehydes is 1. The van der Waals surface area contributed by atoms with Gasteiger partial charge in [-0.15, -0.1) is 0 Å². The Bertz CT molecular complexity index is 183. The van der Waals surface area contributed by atoms with Gasteiger partial charge in [0.15, 0.2) is 12.4 Å². The summed E-state index contributed by atoms with van der Waals surface area (Å²) in [4.78, 5) is 21.3. The molecule has 1 rings (SSSR count). The minimum Gasteiger partial charge on any atom is -0.455 e. The second-order valence-corrected chi connectivity index (χ2v) is 3.61. The lowest BCUT2D eigenvalue weighted by Crippen LogP contribution is -2.29. The number of hydrogen-bond acceptors (Lipinski definition) is 3. The van der Waals surface area contributed by atoms with Crippen molar-refractivity contribution in [2.24, 2.45) is 5.92 Å². The Morgan fingerprint density at radius 2 is 2.00 bits per heavy atom. The van der Waals surface area contributed by atoms with Crippen LogP contribution in [0.1, 0.15) is 39.0 Å². The topological polar surface area (TPSA) is 43.4 Å². The molecule has 3 heteroatoms. The number of hydrogen-bond donors (Lipinski definition) is 0. The molecule has 0 radical (unpaired) electrons. The molecule has 1 fully saturated rings. The standard InChI is InChI=1S/C10H16O3/c1-8(12)13-10(7-11)9-5-3-2-4-6-9/h7,9-10H,2-6H2,1H3/t10-/m0/s1. The van der Waals surface area contributed by atoms with Gasteiger partial charge in [0.1, 0.15) is 0 Å². The molecule has 1 aliphatic rings. The molecule has 0 saturated heterocycles. The summed E-state index contributed by atoms with van der Waals surface area (Å²) in [6.45, 7) is 1.35. The number of rotatable bonds is 3. The van der Waals surface area contributed by atoms with Gasteiger partial charge in [-0.3, -0.25) is 9.59 Å². The van der Waals surface area contributed by atoms with Gasteiger partial charge >= 0.3 is 5.97 Å². The van der Waals surface area contributed by atoms with Gasteiger partial charge in [-0.25, -0.2) is 0 Å². The van der Waals surface area contributed by atoms with Gasteiger partial charge in [-0.05, 0) is 12.8 Å². The molecule has 0 aromatic heterocycles. The first kappa shape index (κ1) is 10.2. The summed E-state index contributed by atoms with van der Waals surface area (Å²) in [6, 6.07) is 0. The van der Waals surface area contributed by atoms with Crippen LogP contribution in [0, 0.1) is 5.92 Å². The van der Waals surface area contributed by atoms with Crippen LogP contribution in [0.2, 0.25) is 0 Å². The Morgan fingerprint density at radius 1 is 1.38 bits per heavy atom. The van der Waals surface area contributed by atoms with Crippen molar-refractivity contribution in [2.75, 3.05) is 0 Å². The monoisotopic (exact) mass is 184 g/mol. The zero-order chi connectivity index (χ0) is 9.68. The molecule has 0 heterocycles. The lowest BCUT2D eigenvalue weighted by atomic mass is 9.86. The average Bonchev–Trinajstić information content (AvgIpc) is 2.15. The van der Waals surface area contributed by atoms with E-state index >= 15 is 0 Å². The average molecular weight is 184 g/mol. The Kier molecular flexibility index (Phi) is 3.93. The van der Waals surface area contributed by atoms with Crippen molar-refractivity contribution in [3.63, 3.8) is 0 Å². The van der Waals surface area contributed by atoms with Gasteiger partial charge in [0.25, 0.3) is 0 Å². The van der Waals surface area contributed by atoms with Crippen molar-refractivity contribution in [1.29, 1.82) is 0 Å². The molecule has 0 N–H and O–H groups in total. The Morgan fingerprint density at radius 3 is 2.46 bits per heavy atom. The van der Waals surface area contributed by atoms with Gasteiger partial charge in [0, 0.05) is 12.8 Å². The number of carbonyl (C=O) groups excluding carboxylic acids is 2. The molecule has 0 aromatic carbocycles. The van der Waals surface area contributed by atoms with E-state index in [0.29, 0.717) is 0 Å². The first-order chi connectivity index (χ1) is 6.24. The molecular weight excluding hydrogens is 168 g/mol. The van der Waals surface area contributed by atoms with E-state index in [4.69, 9.17) is 4.74 Å². The van der Waals surface area contributed by atoms with Crippen LogP contribution in [0.3, 0.4) is 0 Å². The molecule has 0 spiro atoms. The molecule has 1 saturated carbocycles. The van der Waals surface area contributed by atoms with Crippen LogP contribution in [-0.4, -0.2) is 18.4 Å². The second kappa shape index (κ2) is 5.00. The predicted octanol–water partition coefficient (Wildman–Crippen LogP) is 1.70. The largest absolute Gasteiger partial charge is 0.455 e. The molecule has 1 atom stereocenters. The molecule has 1 aliphatic carbocycles. The fourth-order valence-corrected chi connectivity index (χ4v) is 1.89. The lowest BCUT2D eigenvalue weighted by Gasteiger charge is -2.25. The Hall–Kier alpha value is -0.860. The molecule has 0 bridgehead atoms. The normalized spacial score (nSPS) is 20.7.